The number of nitrogens with zero attached hydrogens (tertiary/aromatic N) is 6. The summed E-state index contributed by atoms with van der Waals surface area (Å²) in [5, 5.41) is 6.79. The minimum Gasteiger partial charge on any atom is -0.496 e. The van der Waals surface area contributed by atoms with E-state index in [1.807, 2.05) is 5.38 Å². The third-order valence-electron chi connectivity index (χ3n) is 14.0. The molecule has 6 heterocycles. The molecule has 8 rings (SSSR count). The first-order chi connectivity index (χ1) is 31.1. The zero-order valence-electron chi connectivity index (χ0n) is 39.4. The van der Waals surface area contributed by atoms with Crippen molar-refractivity contribution in [2.75, 3.05) is 46.4 Å². The number of piperazine rings is 1. The molecule has 0 spiro atoms. The standard InChI is InChI=1S/C54H67ClFN7OS/c1-11-35(4)50-46(58-52(53-57-20-24-65-53)59-51(50)42-19-18-40(56)28-45(42)55)33-60-22-23-62-37(6)61(31-41(62)30-60)21-16-14-12-13-15-17-38-26-39-27-49(54(7,8)9)63-32-44(34(2)3)36(5)25-47(63)43(39)29-48(38)64-10/h18-20,24-26,28-29,32,41,49,51H,2,4-6,11-17,21-23,27,30-31,33H2,1,3,7-10H3,(H,58,59)/t41?,49?,51-/m0/s1. The van der Waals surface area contributed by atoms with Crippen LogP contribution < -0.4 is 10.1 Å². The molecule has 0 saturated carbocycles. The van der Waals surface area contributed by atoms with Crippen molar-refractivity contribution in [3.63, 3.8) is 0 Å². The monoisotopic (exact) mass is 915 g/mol. The number of benzene rings is 2. The summed E-state index contributed by atoms with van der Waals surface area (Å²) in [7, 11) is 1.80. The van der Waals surface area contributed by atoms with Crippen molar-refractivity contribution in [3.05, 3.63) is 158 Å². The summed E-state index contributed by atoms with van der Waals surface area (Å²) < 4.78 is 20.3. The number of allylic oxidation sites excluding steroid dienone is 4. The van der Waals surface area contributed by atoms with Gasteiger partial charge in [0, 0.05) is 90.6 Å². The van der Waals surface area contributed by atoms with Gasteiger partial charge in [0.2, 0.25) is 0 Å². The lowest BCUT2D eigenvalue weighted by molar-refractivity contribution is 0.133. The number of hydrogen-bond donors (Lipinski definition) is 1. The minimum absolute atomic E-state index is 0.0838. The number of aliphatic imine (C=N–C) groups is 1. The fourth-order valence-corrected chi connectivity index (χ4v) is 11.2. The highest BCUT2D eigenvalue weighted by Gasteiger charge is 2.40. The Morgan fingerprint density at radius 3 is 2.54 bits per heavy atom. The Balaban J connectivity index is 0.852. The van der Waals surface area contributed by atoms with Crippen LogP contribution in [-0.4, -0.2) is 88.9 Å². The van der Waals surface area contributed by atoms with E-state index in [1.165, 1.54) is 65.1 Å². The smallest absolute Gasteiger partial charge is 0.163 e. The lowest BCUT2D eigenvalue weighted by Gasteiger charge is -2.47. The van der Waals surface area contributed by atoms with E-state index >= 15 is 0 Å². The largest absolute Gasteiger partial charge is 0.496 e. The van der Waals surface area contributed by atoms with Gasteiger partial charge in [-0.3, -0.25) is 9.89 Å². The van der Waals surface area contributed by atoms with E-state index in [4.69, 9.17) is 21.3 Å². The molecule has 0 radical (unpaired) electrons. The van der Waals surface area contributed by atoms with Crippen molar-refractivity contribution in [2.24, 2.45) is 10.4 Å². The van der Waals surface area contributed by atoms with Crippen molar-refractivity contribution in [3.8, 4) is 5.75 Å². The number of ether oxygens (including phenoxy) is 1. The molecule has 2 fully saturated rings. The van der Waals surface area contributed by atoms with E-state index in [9.17, 15) is 4.39 Å². The van der Waals surface area contributed by atoms with Crippen LogP contribution in [0.4, 0.5) is 4.39 Å². The molecule has 5 aliphatic rings. The SMILES string of the molecule is C=C(C)C1=CN2C(=CC1=C)c1cc(OC)c(CCCCCCCN3CC4CN(CC5=C(C(=C)CC)[C@H](c6ccc(F)cc6Cl)N=C(c6nccs6)N5)CCN4C3=C)cc1CC2C(C)(C)C. The molecule has 11 heteroatoms. The number of nitrogens with one attached hydrogen (secondary N) is 1. The number of fused-ring (bicyclic) bond motifs is 4. The van der Waals surface area contributed by atoms with E-state index in [-0.39, 0.29) is 11.2 Å². The number of hydrogen-bond acceptors (Lipinski definition) is 9. The van der Waals surface area contributed by atoms with Crippen molar-refractivity contribution < 1.29 is 9.13 Å². The minimum atomic E-state index is -0.418. The molecule has 344 valence electrons. The molecule has 8 nitrogen and oxygen atoms in total. The molecule has 3 aromatic rings. The summed E-state index contributed by atoms with van der Waals surface area (Å²) in [5.41, 5.74) is 12.3. The molecule has 2 unspecified atom stereocenters. The molecule has 2 aromatic carbocycles. The van der Waals surface area contributed by atoms with Gasteiger partial charge in [-0.05, 0) is 108 Å². The first-order valence-electron chi connectivity index (χ1n) is 23.5. The molecule has 65 heavy (non-hydrogen) atoms. The Labute approximate surface area is 396 Å². The van der Waals surface area contributed by atoms with E-state index in [2.05, 4.69) is 115 Å². The van der Waals surface area contributed by atoms with Crippen molar-refractivity contribution >= 4 is 34.5 Å². The lowest BCUT2D eigenvalue weighted by atomic mass is 9.76. The summed E-state index contributed by atoms with van der Waals surface area (Å²) in [6.45, 7) is 34.4. The maximum absolute atomic E-state index is 14.2. The molecule has 0 bridgehead atoms. The third kappa shape index (κ3) is 9.82. The van der Waals surface area contributed by atoms with Crippen LogP contribution in [0.1, 0.15) is 106 Å². The Hall–Kier alpha value is -4.90. The maximum Gasteiger partial charge on any atom is 0.163 e. The molecule has 0 amide bonds. The number of amidine groups is 1. The van der Waals surface area contributed by atoms with Crippen LogP contribution in [0, 0.1) is 11.2 Å². The highest BCUT2D eigenvalue weighted by molar-refractivity contribution is 7.11. The van der Waals surface area contributed by atoms with Crippen molar-refractivity contribution in [2.45, 2.75) is 104 Å². The van der Waals surface area contributed by atoms with E-state index in [0.29, 0.717) is 29.5 Å². The van der Waals surface area contributed by atoms with Gasteiger partial charge in [-0.15, -0.1) is 11.3 Å². The summed E-state index contributed by atoms with van der Waals surface area (Å²) in [5.74, 6) is 2.48. The normalized spacial score (nSPS) is 21.1. The molecular formula is C54H67ClFN7OS. The summed E-state index contributed by atoms with van der Waals surface area (Å²) in [6, 6.07) is 9.56. The Morgan fingerprint density at radius 2 is 1.83 bits per heavy atom. The molecule has 1 N–H and O–H groups in total. The van der Waals surface area contributed by atoms with E-state index < -0.39 is 6.04 Å². The van der Waals surface area contributed by atoms with Gasteiger partial charge in [-0.2, -0.15) is 0 Å². The van der Waals surface area contributed by atoms with Gasteiger partial charge in [-0.25, -0.2) is 9.37 Å². The molecular weight excluding hydrogens is 849 g/mol. The summed E-state index contributed by atoms with van der Waals surface area (Å²) >= 11 is 8.24. The topological polar surface area (TPSA) is 59.5 Å². The number of rotatable bonds is 16. The second-order valence-corrected chi connectivity index (χ2v) is 20.8. The predicted molar refractivity (Wildman–Crippen MR) is 269 cm³/mol. The molecule has 2 saturated heterocycles. The van der Waals surface area contributed by atoms with E-state index in [1.54, 1.807) is 19.4 Å². The first kappa shape index (κ1) is 46.6. The summed E-state index contributed by atoms with van der Waals surface area (Å²) in [4.78, 5) is 19.7. The van der Waals surface area contributed by atoms with Gasteiger partial charge in [0.1, 0.15) is 17.6 Å². The number of aromatic nitrogens is 1. The first-order valence-corrected chi connectivity index (χ1v) is 24.7. The highest BCUT2D eigenvalue weighted by atomic mass is 35.5. The fourth-order valence-electron chi connectivity index (χ4n) is 10.4. The van der Waals surface area contributed by atoms with Gasteiger partial charge in [-0.1, -0.05) is 97.0 Å². The van der Waals surface area contributed by atoms with Crippen LogP contribution in [0.25, 0.3) is 5.70 Å². The Bertz CT molecular complexity index is 2480. The predicted octanol–water partition coefficient (Wildman–Crippen LogP) is 11.9. The van der Waals surface area contributed by atoms with Gasteiger partial charge in [0.05, 0.1) is 19.0 Å². The number of unbranched alkanes of at least 4 members (excludes halogenated alkanes) is 4. The number of halogens is 2. The highest BCUT2D eigenvalue weighted by Crippen LogP contribution is 2.46. The second-order valence-electron chi connectivity index (χ2n) is 19.5. The lowest BCUT2D eigenvalue weighted by Crippen LogP contribution is -2.52. The van der Waals surface area contributed by atoms with Gasteiger partial charge in [0.15, 0.2) is 10.8 Å². The Kier molecular flexibility index (Phi) is 14.0. The molecule has 5 aliphatic heterocycles. The second kappa shape index (κ2) is 19.5. The average molecular weight is 917 g/mol. The fraction of sp³-hybridized carbons (Fsp3) is 0.444. The van der Waals surface area contributed by atoms with Crippen LogP contribution >= 0.6 is 22.9 Å². The third-order valence-corrected chi connectivity index (χ3v) is 15.1. The van der Waals surface area contributed by atoms with Crippen LogP contribution in [-0.2, 0) is 12.8 Å². The van der Waals surface area contributed by atoms with Crippen molar-refractivity contribution in [1.29, 1.82) is 0 Å². The zero-order chi connectivity index (χ0) is 46.2. The van der Waals surface area contributed by atoms with Crippen LogP contribution in [0.2, 0.25) is 5.02 Å². The van der Waals surface area contributed by atoms with Gasteiger partial charge < -0.3 is 24.8 Å². The number of methoxy groups -OCH3 is 1. The van der Waals surface area contributed by atoms with Gasteiger partial charge >= 0.3 is 0 Å². The van der Waals surface area contributed by atoms with E-state index in [0.717, 1.165) is 121 Å². The van der Waals surface area contributed by atoms with Crippen LogP contribution in [0.5, 0.6) is 5.75 Å². The maximum atomic E-state index is 14.2. The molecule has 0 aliphatic carbocycles. The number of aryl methyl sites for hydroxylation is 1. The van der Waals surface area contributed by atoms with Crippen LogP contribution in [0.3, 0.4) is 0 Å². The Morgan fingerprint density at radius 1 is 1.05 bits per heavy atom. The quantitative estimate of drug-likeness (QED) is 0.144. The zero-order valence-corrected chi connectivity index (χ0v) is 41.0. The number of thiazole rings is 1. The molecule has 1 aromatic heterocycles. The van der Waals surface area contributed by atoms with Gasteiger partial charge in [0.25, 0.3) is 0 Å². The molecule has 3 atom stereocenters. The summed E-state index contributed by atoms with van der Waals surface area (Å²) in [6.07, 6.45) is 15.0. The average Bonchev–Trinajstić information content (AvgIpc) is 3.92. The van der Waals surface area contributed by atoms with Crippen LogP contribution in [0.15, 0.2) is 125 Å². The van der Waals surface area contributed by atoms with Crippen molar-refractivity contribution in [1.82, 2.24) is 29.9 Å².